The average Bonchev–Trinajstić information content (AvgIpc) is 2.38. The summed E-state index contributed by atoms with van der Waals surface area (Å²) in [5, 5.41) is 9.09. The van der Waals surface area contributed by atoms with Gasteiger partial charge in [-0.05, 0) is 30.9 Å². The zero-order chi connectivity index (χ0) is 13.6. The molecule has 102 valence electrons. The molecule has 0 aliphatic rings. The first-order valence-corrected chi connectivity index (χ1v) is 6.61. The molecule has 1 rings (SSSR count). The van der Waals surface area contributed by atoms with E-state index in [1.807, 2.05) is 25.1 Å². The normalized spacial score (nSPS) is 16.1. The number of nitrogens with two attached hydrogens (primary N) is 1. The summed E-state index contributed by atoms with van der Waals surface area (Å²) in [7, 11) is 0. The maximum atomic E-state index is 9.09. The van der Waals surface area contributed by atoms with Crippen molar-refractivity contribution in [2.45, 2.75) is 45.1 Å². The second kappa shape index (κ2) is 6.76. The zero-order valence-electron chi connectivity index (χ0n) is 11.6. The van der Waals surface area contributed by atoms with Gasteiger partial charge in [0.15, 0.2) is 0 Å². The van der Waals surface area contributed by atoms with Gasteiger partial charge in [-0.2, -0.15) is 0 Å². The molecular formula is C15H25NO2. The Kier molecular flexibility index (Phi) is 5.63. The first-order chi connectivity index (χ1) is 8.50. The van der Waals surface area contributed by atoms with Crippen LogP contribution >= 0.6 is 0 Å². The Morgan fingerprint density at radius 1 is 1.39 bits per heavy atom. The van der Waals surface area contributed by atoms with Gasteiger partial charge in [0.25, 0.3) is 0 Å². The zero-order valence-corrected chi connectivity index (χ0v) is 11.6. The molecule has 0 aromatic heterocycles. The average molecular weight is 251 g/mol. The number of ether oxygens (including phenoxy) is 1. The second-order valence-corrected chi connectivity index (χ2v) is 5.26. The topological polar surface area (TPSA) is 55.5 Å². The van der Waals surface area contributed by atoms with E-state index in [1.165, 1.54) is 5.56 Å². The number of rotatable bonds is 7. The Morgan fingerprint density at radius 3 is 2.67 bits per heavy atom. The Bertz CT molecular complexity index is 363. The Labute approximate surface area is 110 Å². The number of benzene rings is 1. The summed E-state index contributed by atoms with van der Waals surface area (Å²) < 4.78 is 5.81. The molecule has 18 heavy (non-hydrogen) atoms. The predicted octanol–water partition coefficient (Wildman–Crippen LogP) is 2.68. The van der Waals surface area contributed by atoms with Crippen LogP contribution in [0.5, 0.6) is 5.75 Å². The van der Waals surface area contributed by atoms with Crippen LogP contribution in [-0.4, -0.2) is 23.9 Å². The fourth-order valence-corrected chi connectivity index (χ4v) is 1.71. The van der Waals surface area contributed by atoms with Gasteiger partial charge < -0.3 is 15.6 Å². The number of para-hydroxylation sites is 1. The van der Waals surface area contributed by atoms with Crippen molar-refractivity contribution in [3.05, 3.63) is 29.8 Å². The van der Waals surface area contributed by atoms with E-state index in [4.69, 9.17) is 15.6 Å². The van der Waals surface area contributed by atoms with E-state index < -0.39 is 5.54 Å². The molecule has 0 aliphatic heterocycles. The van der Waals surface area contributed by atoms with Crippen molar-refractivity contribution in [3.8, 4) is 5.75 Å². The lowest BCUT2D eigenvalue weighted by Crippen LogP contribution is -2.41. The third-order valence-corrected chi connectivity index (χ3v) is 3.35. The summed E-state index contributed by atoms with van der Waals surface area (Å²) in [6.45, 7) is 6.70. The minimum absolute atomic E-state index is 0.0244. The molecule has 0 fully saturated rings. The van der Waals surface area contributed by atoms with Crippen molar-refractivity contribution in [2.24, 2.45) is 5.73 Å². The van der Waals surface area contributed by atoms with Crippen molar-refractivity contribution >= 4 is 0 Å². The Hall–Kier alpha value is -1.06. The van der Waals surface area contributed by atoms with E-state index >= 15 is 0 Å². The van der Waals surface area contributed by atoms with E-state index in [9.17, 15) is 0 Å². The summed E-state index contributed by atoms with van der Waals surface area (Å²) in [6.07, 6.45) is 1.73. The molecule has 2 unspecified atom stereocenters. The molecule has 3 N–H and O–H groups in total. The van der Waals surface area contributed by atoms with E-state index in [2.05, 4.69) is 19.9 Å². The van der Waals surface area contributed by atoms with Crippen LogP contribution in [0.1, 0.15) is 45.1 Å². The Balaban J connectivity index is 2.62. The van der Waals surface area contributed by atoms with Crippen LogP contribution in [0, 0.1) is 0 Å². The lowest BCUT2D eigenvalue weighted by Gasteiger charge is -2.22. The molecule has 0 saturated heterocycles. The van der Waals surface area contributed by atoms with E-state index in [0.29, 0.717) is 18.9 Å². The molecule has 0 aliphatic carbocycles. The standard InChI is InChI=1S/C15H25NO2/c1-4-12(2)13-7-5-6-8-14(13)18-10-9-15(3,16)11-17/h5-8,12,17H,4,9-11,16H2,1-3H3. The van der Waals surface area contributed by atoms with Gasteiger partial charge in [-0.15, -0.1) is 0 Å². The second-order valence-electron chi connectivity index (χ2n) is 5.26. The van der Waals surface area contributed by atoms with Crippen molar-refractivity contribution in [1.82, 2.24) is 0 Å². The maximum Gasteiger partial charge on any atom is 0.122 e. The van der Waals surface area contributed by atoms with Crippen LogP contribution in [0.3, 0.4) is 0 Å². The highest BCUT2D eigenvalue weighted by Crippen LogP contribution is 2.28. The van der Waals surface area contributed by atoms with Gasteiger partial charge in [-0.3, -0.25) is 0 Å². The summed E-state index contributed by atoms with van der Waals surface area (Å²) in [5.74, 6) is 1.42. The SMILES string of the molecule is CCC(C)c1ccccc1OCCC(C)(N)CO. The molecule has 0 saturated carbocycles. The number of aliphatic hydroxyl groups excluding tert-OH is 1. The molecule has 0 heterocycles. The Morgan fingerprint density at radius 2 is 2.06 bits per heavy atom. The number of hydrogen-bond donors (Lipinski definition) is 2. The molecule has 0 radical (unpaired) electrons. The summed E-state index contributed by atoms with van der Waals surface area (Å²) >= 11 is 0. The van der Waals surface area contributed by atoms with Gasteiger partial charge in [0.05, 0.1) is 13.2 Å². The minimum atomic E-state index is -0.564. The van der Waals surface area contributed by atoms with Crippen LogP contribution < -0.4 is 10.5 Å². The van der Waals surface area contributed by atoms with Crippen LogP contribution in [0.4, 0.5) is 0 Å². The molecule has 1 aromatic rings. The summed E-state index contributed by atoms with van der Waals surface area (Å²) in [6, 6.07) is 8.12. The number of hydrogen-bond acceptors (Lipinski definition) is 3. The first-order valence-electron chi connectivity index (χ1n) is 6.61. The van der Waals surface area contributed by atoms with Crippen molar-refractivity contribution in [2.75, 3.05) is 13.2 Å². The van der Waals surface area contributed by atoms with Gasteiger partial charge in [0, 0.05) is 12.0 Å². The summed E-state index contributed by atoms with van der Waals surface area (Å²) in [4.78, 5) is 0. The third kappa shape index (κ3) is 4.31. The van der Waals surface area contributed by atoms with Crippen LogP contribution in [0.25, 0.3) is 0 Å². The van der Waals surface area contributed by atoms with Gasteiger partial charge in [-0.25, -0.2) is 0 Å². The molecule has 3 heteroatoms. The molecule has 0 bridgehead atoms. The van der Waals surface area contributed by atoms with Crippen LogP contribution in [-0.2, 0) is 0 Å². The highest BCUT2D eigenvalue weighted by Gasteiger charge is 2.17. The fourth-order valence-electron chi connectivity index (χ4n) is 1.71. The monoisotopic (exact) mass is 251 g/mol. The molecular weight excluding hydrogens is 226 g/mol. The summed E-state index contributed by atoms with van der Waals surface area (Å²) in [5.41, 5.74) is 6.55. The van der Waals surface area contributed by atoms with Gasteiger partial charge >= 0.3 is 0 Å². The number of aliphatic hydroxyl groups is 1. The van der Waals surface area contributed by atoms with Gasteiger partial charge in [-0.1, -0.05) is 32.0 Å². The minimum Gasteiger partial charge on any atom is -0.493 e. The molecule has 0 amide bonds. The maximum absolute atomic E-state index is 9.09. The van der Waals surface area contributed by atoms with Crippen molar-refractivity contribution in [1.29, 1.82) is 0 Å². The van der Waals surface area contributed by atoms with E-state index in [-0.39, 0.29) is 6.61 Å². The van der Waals surface area contributed by atoms with Crippen LogP contribution in [0.2, 0.25) is 0 Å². The molecule has 0 spiro atoms. The quantitative estimate of drug-likeness (QED) is 0.783. The highest BCUT2D eigenvalue weighted by molar-refractivity contribution is 5.35. The lowest BCUT2D eigenvalue weighted by molar-refractivity contribution is 0.174. The van der Waals surface area contributed by atoms with Gasteiger partial charge in [0.2, 0.25) is 0 Å². The van der Waals surface area contributed by atoms with E-state index in [0.717, 1.165) is 12.2 Å². The molecule has 3 nitrogen and oxygen atoms in total. The largest absolute Gasteiger partial charge is 0.493 e. The smallest absolute Gasteiger partial charge is 0.122 e. The highest BCUT2D eigenvalue weighted by atomic mass is 16.5. The molecule has 1 aromatic carbocycles. The van der Waals surface area contributed by atoms with E-state index in [1.54, 1.807) is 0 Å². The van der Waals surface area contributed by atoms with Gasteiger partial charge in [0.1, 0.15) is 5.75 Å². The van der Waals surface area contributed by atoms with Crippen molar-refractivity contribution in [3.63, 3.8) is 0 Å². The molecule has 2 atom stereocenters. The van der Waals surface area contributed by atoms with Crippen molar-refractivity contribution < 1.29 is 9.84 Å². The lowest BCUT2D eigenvalue weighted by atomic mass is 9.97. The fraction of sp³-hybridized carbons (Fsp3) is 0.600. The first kappa shape index (κ1) is 15.0. The van der Waals surface area contributed by atoms with Crippen LogP contribution in [0.15, 0.2) is 24.3 Å². The predicted molar refractivity (Wildman–Crippen MR) is 74.9 cm³/mol. The third-order valence-electron chi connectivity index (χ3n) is 3.35.